The second-order valence-electron chi connectivity index (χ2n) is 4.80. The van der Waals surface area contributed by atoms with Gasteiger partial charge in [-0.25, -0.2) is 4.79 Å². The van der Waals surface area contributed by atoms with Gasteiger partial charge in [0.2, 0.25) is 0 Å². The first-order chi connectivity index (χ1) is 9.11. The van der Waals surface area contributed by atoms with Crippen LogP contribution in [0.15, 0.2) is 18.2 Å². The molecule has 0 saturated carbocycles. The molecule has 0 spiro atoms. The fraction of sp³-hybridized carbons (Fsp3) is 0.462. The van der Waals surface area contributed by atoms with E-state index in [9.17, 15) is 18.0 Å². The summed E-state index contributed by atoms with van der Waals surface area (Å²) >= 11 is 0. The van der Waals surface area contributed by atoms with Gasteiger partial charge in [0.15, 0.2) is 0 Å². The minimum Gasteiger partial charge on any atom is -0.478 e. The number of carboxylic acids is 1. The molecule has 0 atom stereocenters. The van der Waals surface area contributed by atoms with Gasteiger partial charge in [-0.1, -0.05) is 0 Å². The number of carbonyl (C=O) groups is 1. The molecule has 7 heteroatoms. The highest BCUT2D eigenvalue weighted by Crippen LogP contribution is 2.32. The van der Waals surface area contributed by atoms with E-state index in [1.807, 2.05) is 19.0 Å². The van der Waals surface area contributed by atoms with Gasteiger partial charge in [-0.15, -0.1) is 0 Å². The summed E-state index contributed by atoms with van der Waals surface area (Å²) in [6, 6.07) is 2.85. The molecule has 0 bridgehead atoms. The van der Waals surface area contributed by atoms with Gasteiger partial charge in [-0.3, -0.25) is 0 Å². The molecule has 1 aromatic carbocycles. The van der Waals surface area contributed by atoms with Crippen LogP contribution in [0.5, 0.6) is 0 Å². The Morgan fingerprint density at radius 1 is 1.15 bits per heavy atom. The Morgan fingerprint density at radius 3 is 2.20 bits per heavy atom. The van der Waals surface area contributed by atoms with E-state index in [4.69, 9.17) is 5.11 Å². The maximum atomic E-state index is 12.8. The predicted octanol–water partition coefficient (Wildman–Crippen LogP) is 2.40. The Bertz CT molecular complexity index is 487. The van der Waals surface area contributed by atoms with Crippen molar-refractivity contribution in [1.29, 1.82) is 0 Å². The van der Waals surface area contributed by atoms with E-state index < -0.39 is 17.7 Å². The highest BCUT2D eigenvalue weighted by molar-refractivity contribution is 5.89. The second-order valence-corrected chi connectivity index (χ2v) is 4.80. The molecule has 0 fully saturated rings. The van der Waals surface area contributed by atoms with Gasteiger partial charge in [0, 0.05) is 25.8 Å². The molecule has 1 N–H and O–H groups in total. The number of benzene rings is 1. The van der Waals surface area contributed by atoms with Crippen molar-refractivity contribution in [2.24, 2.45) is 0 Å². The van der Waals surface area contributed by atoms with Gasteiger partial charge in [0.1, 0.15) is 0 Å². The molecular weight excluding hydrogens is 273 g/mol. The van der Waals surface area contributed by atoms with Crippen LogP contribution >= 0.6 is 0 Å². The summed E-state index contributed by atoms with van der Waals surface area (Å²) < 4.78 is 38.3. The molecule has 0 radical (unpaired) electrons. The fourth-order valence-corrected chi connectivity index (χ4v) is 1.60. The van der Waals surface area contributed by atoms with E-state index in [1.165, 1.54) is 6.07 Å². The van der Waals surface area contributed by atoms with Crippen LogP contribution in [0.3, 0.4) is 0 Å². The van der Waals surface area contributed by atoms with Crippen molar-refractivity contribution in [3.63, 3.8) is 0 Å². The summed E-state index contributed by atoms with van der Waals surface area (Å²) in [5, 5.41) is 8.91. The zero-order valence-electron chi connectivity index (χ0n) is 11.5. The molecule has 112 valence electrons. The molecule has 1 aromatic rings. The van der Waals surface area contributed by atoms with Crippen molar-refractivity contribution in [3.05, 3.63) is 29.3 Å². The smallest absolute Gasteiger partial charge is 0.416 e. The van der Waals surface area contributed by atoms with Crippen LogP contribution < -0.4 is 4.90 Å². The maximum Gasteiger partial charge on any atom is 0.416 e. The number of nitrogens with zero attached hydrogens (tertiary/aromatic N) is 2. The molecule has 0 aliphatic rings. The Labute approximate surface area is 115 Å². The lowest BCUT2D eigenvalue weighted by Gasteiger charge is -2.23. The predicted molar refractivity (Wildman–Crippen MR) is 70.2 cm³/mol. The number of likely N-dealkylation sites (N-methyl/N-ethyl adjacent to an activating group) is 2. The summed E-state index contributed by atoms with van der Waals surface area (Å²) in [4.78, 5) is 14.4. The summed E-state index contributed by atoms with van der Waals surface area (Å²) in [5.74, 6) is -1.38. The van der Waals surface area contributed by atoms with Crippen LogP contribution in [0.25, 0.3) is 0 Å². The van der Waals surface area contributed by atoms with Gasteiger partial charge < -0.3 is 14.9 Å². The SMILES string of the molecule is CN(C)CCN(C)c1cc(C(=O)O)cc(C(F)(F)F)c1. The van der Waals surface area contributed by atoms with Crippen LogP contribution in [-0.2, 0) is 6.18 Å². The number of aromatic carboxylic acids is 1. The Hall–Kier alpha value is -1.76. The first-order valence-corrected chi connectivity index (χ1v) is 5.92. The van der Waals surface area contributed by atoms with Gasteiger partial charge in [-0.05, 0) is 32.3 Å². The molecule has 0 saturated heterocycles. The summed E-state index contributed by atoms with van der Waals surface area (Å²) in [7, 11) is 5.33. The lowest BCUT2D eigenvalue weighted by atomic mass is 10.1. The minimum absolute atomic E-state index is 0.235. The van der Waals surface area contributed by atoms with Gasteiger partial charge in [0.05, 0.1) is 11.1 Å². The number of anilines is 1. The van der Waals surface area contributed by atoms with Crippen molar-refractivity contribution >= 4 is 11.7 Å². The molecule has 0 heterocycles. The number of halogens is 3. The van der Waals surface area contributed by atoms with E-state index in [1.54, 1.807) is 11.9 Å². The second kappa shape index (κ2) is 6.13. The zero-order valence-corrected chi connectivity index (χ0v) is 11.5. The van der Waals surface area contributed by atoms with Crippen molar-refractivity contribution in [2.45, 2.75) is 6.18 Å². The molecule has 0 amide bonds. The molecule has 20 heavy (non-hydrogen) atoms. The topological polar surface area (TPSA) is 43.8 Å². The highest BCUT2D eigenvalue weighted by atomic mass is 19.4. The Kier molecular flexibility index (Phi) is 4.99. The third-order valence-electron chi connectivity index (χ3n) is 2.82. The standard InChI is InChI=1S/C13H17F3N2O2/c1-17(2)4-5-18(3)11-7-9(12(19)20)6-10(8-11)13(14,15)16/h6-8H,4-5H2,1-3H3,(H,19,20). The van der Waals surface area contributed by atoms with E-state index >= 15 is 0 Å². The van der Waals surface area contributed by atoms with Gasteiger partial charge in [-0.2, -0.15) is 13.2 Å². The monoisotopic (exact) mass is 290 g/mol. The van der Waals surface area contributed by atoms with Crippen molar-refractivity contribution in [3.8, 4) is 0 Å². The maximum absolute atomic E-state index is 12.8. The number of carboxylic acid groups (broad SMARTS) is 1. The quantitative estimate of drug-likeness (QED) is 0.904. The molecule has 0 unspecified atom stereocenters. The molecule has 0 aliphatic heterocycles. The first-order valence-electron chi connectivity index (χ1n) is 5.92. The zero-order chi connectivity index (χ0) is 15.5. The van der Waals surface area contributed by atoms with E-state index in [0.29, 0.717) is 19.2 Å². The number of rotatable bonds is 5. The third-order valence-corrected chi connectivity index (χ3v) is 2.82. The largest absolute Gasteiger partial charge is 0.478 e. The average molecular weight is 290 g/mol. The number of hydrogen-bond acceptors (Lipinski definition) is 3. The fourth-order valence-electron chi connectivity index (χ4n) is 1.60. The average Bonchev–Trinajstić information content (AvgIpc) is 2.34. The van der Waals surface area contributed by atoms with Crippen molar-refractivity contribution < 1.29 is 23.1 Å². The van der Waals surface area contributed by atoms with Crippen molar-refractivity contribution in [1.82, 2.24) is 4.90 Å². The van der Waals surface area contributed by atoms with Crippen LogP contribution in [0.4, 0.5) is 18.9 Å². The summed E-state index contributed by atoms with van der Waals surface area (Å²) in [5.41, 5.74) is -1.09. The Morgan fingerprint density at radius 2 is 1.75 bits per heavy atom. The lowest BCUT2D eigenvalue weighted by molar-refractivity contribution is -0.137. The summed E-state index contributed by atoms with van der Waals surface area (Å²) in [6.07, 6.45) is -4.57. The normalized spacial score (nSPS) is 11.8. The third kappa shape index (κ3) is 4.41. The van der Waals surface area contributed by atoms with Gasteiger partial charge >= 0.3 is 12.1 Å². The number of hydrogen-bond donors (Lipinski definition) is 1. The molecule has 0 aromatic heterocycles. The highest BCUT2D eigenvalue weighted by Gasteiger charge is 2.32. The minimum atomic E-state index is -4.57. The van der Waals surface area contributed by atoms with Crippen LogP contribution in [0.1, 0.15) is 15.9 Å². The van der Waals surface area contributed by atoms with Crippen LogP contribution in [0, 0.1) is 0 Å². The van der Waals surface area contributed by atoms with E-state index in [-0.39, 0.29) is 11.3 Å². The van der Waals surface area contributed by atoms with E-state index in [2.05, 4.69) is 0 Å². The lowest BCUT2D eigenvalue weighted by Crippen LogP contribution is -2.28. The van der Waals surface area contributed by atoms with Gasteiger partial charge in [0.25, 0.3) is 0 Å². The molecule has 0 aliphatic carbocycles. The van der Waals surface area contributed by atoms with Crippen LogP contribution in [-0.4, -0.2) is 50.2 Å². The van der Waals surface area contributed by atoms with Crippen molar-refractivity contribution in [2.75, 3.05) is 39.1 Å². The number of alkyl halides is 3. The first kappa shape index (κ1) is 16.3. The molecular formula is C13H17F3N2O2. The Balaban J connectivity index is 3.12. The molecule has 1 rings (SSSR count). The summed E-state index contributed by atoms with van der Waals surface area (Å²) in [6.45, 7) is 1.14. The van der Waals surface area contributed by atoms with E-state index in [0.717, 1.165) is 6.07 Å². The molecule has 4 nitrogen and oxygen atoms in total. The van der Waals surface area contributed by atoms with Crippen LogP contribution in [0.2, 0.25) is 0 Å².